The van der Waals surface area contributed by atoms with E-state index in [2.05, 4.69) is 4.98 Å². The summed E-state index contributed by atoms with van der Waals surface area (Å²) in [7, 11) is 0. The highest BCUT2D eigenvalue weighted by atomic mass is 35.5. The monoisotopic (exact) mass is 406 g/mol. The van der Waals surface area contributed by atoms with Gasteiger partial charge in [-0.3, -0.25) is 4.98 Å². The van der Waals surface area contributed by atoms with Crippen molar-refractivity contribution in [3.63, 3.8) is 0 Å². The van der Waals surface area contributed by atoms with Gasteiger partial charge in [0, 0.05) is 41.5 Å². The number of hydrogen-bond acceptors (Lipinski definition) is 5. The normalized spacial score (nSPS) is 13.2. The predicted molar refractivity (Wildman–Crippen MR) is 110 cm³/mol. The van der Waals surface area contributed by atoms with Crippen molar-refractivity contribution in [3.8, 4) is 34.5 Å². The lowest BCUT2D eigenvalue weighted by Crippen LogP contribution is -2.14. The highest BCUT2D eigenvalue weighted by molar-refractivity contribution is 6.30. The van der Waals surface area contributed by atoms with E-state index in [0.717, 1.165) is 46.9 Å². The Morgan fingerprint density at radius 2 is 1.90 bits per heavy atom. The Kier molecular flexibility index (Phi) is 4.32. The summed E-state index contributed by atoms with van der Waals surface area (Å²) in [6, 6.07) is 9.52. The van der Waals surface area contributed by atoms with Crippen LogP contribution in [0.2, 0.25) is 5.02 Å². The summed E-state index contributed by atoms with van der Waals surface area (Å²) in [6.45, 7) is 5.56. The molecule has 0 atom stereocenters. The molecule has 3 aromatic heterocycles. The smallest absolute Gasteiger partial charge is 0.215 e. The van der Waals surface area contributed by atoms with Gasteiger partial charge in [-0.05, 0) is 49.7 Å². The molecule has 0 amide bonds. The molecule has 0 unspecified atom stereocenters. The van der Waals surface area contributed by atoms with Crippen molar-refractivity contribution < 1.29 is 4.74 Å². The molecular weight excluding hydrogens is 388 g/mol. The zero-order chi connectivity index (χ0) is 20.0. The number of benzene rings is 1. The summed E-state index contributed by atoms with van der Waals surface area (Å²) >= 11 is 6.17. The second-order valence-corrected chi connectivity index (χ2v) is 7.48. The van der Waals surface area contributed by atoms with Crippen LogP contribution in [0.1, 0.15) is 17.5 Å². The molecule has 0 fully saturated rings. The Balaban J connectivity index is 1.74. The highest BCUT2D eigenvalue weighted by Crippen LogP contribution is 2.34. The number of aryl methyl sites for hydroxylation is 2. The minimum absolute atomic E-state index is 0.614. The first-order valence-corrected chi connectivity index (χ1v) is 9.84. The number of rotatable bonds is 3. The first-order chi connectivity index (χ1) is 14.1. The van der Waals surface area contributed by atoms with E-state index in [1.54, 1.807) is 12.4 Å². The lowest BCUT2D eigenvalue weighted by Gasteiger charge is -2.14. The third-order valence-electron chi connectivity index (χ3n) is 5.03. The summed E-state index contributed by atoms with van der Waals surface area (Å²) in [5.41, 5.74) is 4.53. The van der Waals surface area contributed by atoms with Gasteiger partial charge in [0.15, 0.2) is 11.6 Å². The highest BCUT2D eigenvalue weighted by Gasteiger charge is 2.25. The van der Waals surface area contributed by atoms with Gasteiger partial charge in [0.05, 0.1) is 12.3 Å². The van der Waals surface area contributed by atoms with E-state index in [4.69, 9.17) is 31.5 Å². The van der Waals surface area contributed by atoms with Crippen molar-refractivity contribution in [1.29, 1.82) is 0 Å². The number of pyridine rings is 1. The molecule has 0 radical (unpaired) electrons. The molecule has 7 nitrogen and oxygen atoms in total. The molecule has 4 aromatic rings. The van der Waals surface area contributed by atoms with E-state index in [-0.39, 0.29) is 0 Å². The zero-order valence-electron chi connectivity index (χ0n) is 16.1. The van der Waals surface area contributed by atoms with Gasteiger partial charge in [0.25, 0.3) is 0 Å². The molecule has 0 saturated heterocycles. The lowest BCUT2D eigenvalue weighted by molar-refractivity contribution is 0.229. The molecule has 0 N–H and O–H groups in total. The van der Waals surface area contributed by atoms with Crippen LogP contribution in [0.15, 0.2) is 42.7 Å². The topological polar surface area (TPSA) is 70.7 Å². The fourth-order valence-corrected chi connectivity index (χ4v) is 3.81. The van der Waals surface area contributed by atoms with Crippen LogP contribution >= 0.6 is 11.6 Å². The standard InChI is InChI=1S/C21H19ClN6O/c1-13-12-16(22)4-5-17(13)28-20(24-19(26-28)15-6-8-23-9-7-15)18-14(2)21-27(25-18)10-3-11-29-21/h4-9,12H,3,10-11H2,1-2H3. The summed E-state index contributed by atoms with van der Waals surface area (Å²) in [4.78, 5) is 8.94. The van der Waals surface area contributed by atoms with E-state index in [0.29, 0.717) is 23.3 Å². The molecule has 0 saturated carbocycles. The molecule has 1 aromatic carbocycles. The van der Waals surface area contributed by atoms with Gasteiger partial charge in [-0.15, -0.1) is 5.10 Å². The van der Waals surface area contributed by atoms with Gasteiger partial charge in [0.2, 0.25) is 5.88 Å². The molecule has 1 aliphatic heterocycles. The van der Waals surface area contributed by atoms with Crippen molar-refractivity contribution in [2.75, 3.05) is 6.61 Å². The number of nitrogens with zero attached hydrogens (tertiary/aromatic N) is 6. The number of aromatic nitrogens is 6. The van der Waals surface area contributed by atoms with Crippen LogP contribution in [0.5, 0.6) is 5.88 Å². The molecule has 0 bridgehead atoms. The van der Waals surface area contributed by atoms with Crippen LogP contribution in [0.3, 0.4) is 0 Å². The first kappa shape index (κ1) is 17.9. The molecule has 146 valence electrons. The second kappa shape index (κ2) is 7.00. The van der Waals surface area contributed by atoms with Crippen LogP contribution in [0.25, 0.3) is 28.6 Å². The third-order valence-corrected chi connectivity index (χ3v) is 5.26. The predicted octanol–water partition coefficient (Wildman–Crippen LogP) is 4.25. The maximum absolute atomic E-state index is 6.17. The molecule has 0 spiro atoms. The van der Waals surface area contributed by atoms with Gasteiger partial charge in [-0.25, -0.2) is 14.3 Å². The Hall–Kier alpha value is -3.19. The van der Waals surface area contributed by atoms with Gasteiger partial charge in [-0.2, -0.15) is 5.10 Å². The molecule has 0 aliphatic carbocycles. The summed E-state index contributed by atoms with van der Waals surface area (Å²) in [5, 5.41) is 10.3. The quantitative estimate of drug-likeness (QED) is 0.508. The second-order valence-electron chi connectivity index (χ2n) is 7.04. The first-order valence-electron chi connectivity index (χ1n) is 9.46. The molecular formula is C21H19ClN6O. The maximum Gasteiger partial charge on any atom is 0.215 e. The third kappa shape index (κ3) is 3.07. The fourth-order valence-electron chi connectivity index (χ4n) is 3.58. The van der Waals surface area contributed by atoms with E-state index in [9.17, 15) is 0 Å². The van der Waals surface area contributed by atoms with Gasteiger partial charge in [0.1, 0.15) is 5.69 Å². The van der Waals surface area contributed by atoms with Crippen LogP contribution in [-0.2, 0) is 6.54 Å². The molecule has 4 heterocycles. The van der Waals surface area contributed by atoms with Crippen LogP contribution in [-0.4, -0.2) is 36.1 Å². The molecule has 5 rings (SSSR count). The zero-order valence-corrected chi connectivity index (χ0v) is 16.9. The Bertz CT molecular complexity index is 1200. The summed E-state index contributed by atoms with van der Waals surface area (Å²) < 4.78 is 9.60. The largest absolute Gasteiger partial charge is 0.478 e. The van der Waals surface area contributed by atoms with Crippen molar-refractivity contribution in [1.82, 2.24) is 29.5 Å². The van der Waals surface area contributed by atoms with E-state index < -0.39 is 0 Å². The Morgan fingerprint density at radius 3 is 2.66 bits per heavy atom. The molecule has 8 heteroatoms. The van der Waals surface area contributed by atoms with Crippen LogP contribution < -0.4 is 4.74 Å². The van der Waals surface area contributed by atoms with E-state index >= 15 is 0 Å². The Labute approximate surface area is 172 Å². The average Bonchev–Trinajstić information content (AvgIpc) is 3.31. The molecule has 1 aliphatic rings. The number of halogens is 1. The van der Waals surface area contributed by atoms with Crippen molar-refractivity contribution in [3.05, 3.63) is 58.9 Å². The van der Waals surface area contributed by atoms with Gasteiger partial charge < -0.3 is 4.74 Å². The lowest BCUT2D eigenvalue weighted by atomic mass is 10.2. The van der Waals surface area contributed by atoms with Crippen LogP contribution in [0, 0.1) is 13.8 Å². The van der Waals surface area contributed by atoms with E-state index in [1.165, 1.54) is 0 Å². The summed E-state index contributed by atoms with van der Waals surface area (Å²) in [6.07, 6.45) is 4.41. The minimum atomic E-state index is 0.614. The fraction of sp³-hybridized carbons (Fsp3) is 0.238. The number of fused-ring (bicyclic) bond motifs is 1. The van der Waals surface area contributed by atoms with E-state index in [1.807, 2.05) is 53.5 Å². The SMILES string of the molecule is Cc1cc(Cl)ccc1-n1nc(-c2ccncc2)nc1-c1nn2c(c1C)OCCC2. The minimum Gasteiger partial charge on any atom is -0.478 e. The van der Waals surface area contributed by atoms with Gasteiger partial charge >= 0.3 is 0 Å². The number of hydrogen-bond donors (Lipinski definition) is 0. The Morgan fingerprint density at radius 1 is 1.07 bits per heavy atom. The molecule has 29 heavy (non-hydrogen) atoms. The summed E-state index contributed by atoms with van der Waals surface area (Å²) in [5.74, 6) is 2.09. The maximum atomic E-state index is 6.17. The van der Waals surface area contributed by atoms with Crippen molar-refractivity contribution >= 4 is 11.6 Å². The van der Waals surface area contributed by atoms with Gasteiger partial charge in [-0.1, -0.05) is 11.6 Å². The van der Waals surface area contributed by atoms with Crippen LogP contribution in [0.4, 0.5) is 0 Å². The van der Waals surface area contributed by atoms with Crippen molar-refractivity contribution in [2.45, 2.75) is 26.8 Å². The average molecular weight is 407 g/mol. The van der Waals surface area contributed by atoms with Crippen molar-refractivity contribution in [2.24, 2.45) is 0 Å². The number of ether oxygens (including phenoxy) is 1.